The summed E-state index contributed by atoms with van der Waals surface area (Å²) in [5, 5.41) is 4.92. The summed E-state index contributed by atoms with van der Waals surface area (Å²) in [5.41, 5.74) is 0.122. The van der Waals surface area contributed by atoms with Gasteiger partial charge in [-0.2, -0.15) is 0 Å². The minimum Gasteiger partial charge on any atom is -0.341 e. The van der Waals surface area contributed by atoms with E-state index in [0.717, 1.165) is 25.0 Å². The van der Waals surface area contributed by atoms with Crippen LogP contribution in [0.3, 0.4) is 0 Å². The first kappa shape index (κ1) is 14.9. The fourth-order valence-electron chi connectivity index (χ4n) is 2.22. The van der Waals surface area contributed by atoms with Crippen LogP contribution in [0, 0.1) is 11.7 Å². The molecule has 0 unspecified atom stereocenters. The first-order chi connectivity index (χ1) is 9.29. The summed E-state index contributed by atoms with van der Waals surface area (Å²) in [6.07, 6.45) is 3.38. The molecule has 110 valence electrons. The van der Waals surface area contributed by atoms with Crippen LogP contribution in [0.25, 0.3) is 0 Å². The van der Waals surface area contributed by atoms with E-state index in [0.29, 0.717) is 12.5 Å². The van der Waals surface area contributed by atoms with Gasteiger partial charge in [0.05, 0.1) is 0 Å². The Morgan fingerprint density at radius 2 is 2.10 bits per heavy atom. The maximum Gasteiger partial charge on any atom is 0.253 e. The fraction of sp³-hybridized carbons (Fsp3) is 0.462. The number of nitrogens with two attached hydrogens (primary N) is 1. The zero-order chi connectivity index (χ0) is 14.9. The fourth-order valence-corrected chi connectivity index (χ4v) is 2.85. The Morgan fingerprint density at radius 3 is 2.60 bits per heavy atom. The van der Waals surface area contributed by atoms with Gasteiger partial charge in [-0.1, -0.05) is 6.42 Å². The van der Waals surface area contributed by atoms with E-state index in [2.05, 4.69) is 0 Å². The van der Waals surface area contributed by atoms with Crippen LogP contribution in [0.1, 0.15) is 29.6 Å². The van der Waals surface area contributed by atoms with Gasteiger partial charge in [0, 0.05) is 19.2 Å². The van der Waals surface area contributed by atoms with Crippen LogP contribution >= 0.6 is 0 Å². The Balaban J connectivity index is 2.21. The van der Waals surface area contributed by atoms with Crippen molar-refractivity contribution < 1.29 is 17.6 Å². The molecular weight excluding hydrogens is 283 g/mol. The monoisotopic (exact) mass is 300 g/mol. The van der Waals surface area contributed by atoms with Crippen LogP contribution in [0.15, 0.2) is 23.1 Å². The van der Waals surface area contributed by atoms with Crippen LogP contribution in [0.4, 0.5) is 4.39 Å². The largest absolute Gasteiger partial charge is 0.341 e. The Kier molecular flexibility index (Phi) is 4.10. The number of hydrogen-bond acceptors (Lipinski definition) is 3. The van der Waals surface area contributed by atoms with Crippen LogP contribution in [-0.2, 0) is 10.0 Å². The van der Waals surface area contributed by atoms with Gasteiger partial charge in [-0.3, -0.25) is 4.79 Å². The molecule has 5 nitrogen and oxygen atoms in total. The second-order valence-corrected chi connectivity index (χ2v) is 6.70. The predicted molar refractivity (Wildman–Crippen MR) is 72.1 cm³/mol. The van der Waals surface area contributed by atoms with Crippen molar-refractivity contribution in [3.05, 3.63) is 29.6 Å². The summed E-state index contributed by atoms with van der Waals surface area (Å²) < 4.78 is 35.9. The molecule has 0 atom stereocenters. The third-order valence-corrected chi connectivity index (χ3v) is 4.51. The molecule has 0 bridgehead atoms. The van der Waals surface area contributed by atoms with Crippen LogP contribution < -0.4 is 5.14 Å². The van der Waals surface area contributed by atoms with E-state index in [1.54, 1.807) is 7.05 Å². The molecule has 1 aliphatic carbocycles. The smallest absolute Gasteiger partial charge is 0.253 e. The van der Waals surface area contributed by atoms with E-state index >= 15 is 0 Å². The van der Waals surface area contributed by atoms with Crippen LogP contribution in [0.2, 0.25) is 0 Å². The Morgan fingerprint density at radius 1 is 1.45 bits per heavy atom. The number of amides is 1. The minimum atomic E-state index is -4.18. The lowest BCUT2D eigenvalue weighted by Gasteiger charge is -2.30. The van der Waals surface area contributed by atoms with E-state index in [9.17, 15) is 17.6 Å². The number of halogens is 1. The van der Waals surface area contributed by atoms with Crippen molar-refractivity contribution in [2.45, 2.75) is 24.2 Å². The number of hydrogen-bond donors (Lipinski definition) is 1. The molecule has 1 fully saturated rings. The number of rotatable bonds is 4. The highest BCUT2D eigenvalue weighted by Gasteiger charge is 2.23. The standard InChI is InChI=1S/C13H17FN2O3S/c1-16(8-9-3-2-4-9)13(17)10-5-6-11(14)12(7-10)20(15,18)19/h5-7,9H,2-4,8H2,1H3,(H2,15,18,19). The van der Waals surface area contributed by atoms with Gasteiger partial charge in [0.1, 0.15) is 10.7 Å². The maximum absolute atomic E-state index is 13.4. The molecule has 1 aliphatic rings. The third-order valence-electron chi connectivity index (χ3n) is 3.59. The number of sulfonamides is 1. The summed E-state index contributed by atoms with van der Waals surface area (Å²) in [6.45, 7) is 0.626. The number of primary sulfonamides is 1. The van der Waals surface area contributed by atoms with Crippen molar-refractivity contribution >= 4 is 15.9 Å². The second kappa shape index (κ2) is 5.49. The molecule has 0 aromatic heterocycles. The molecule has 0 spiro atoms. The van der Waals surface area contributed by atoms with Crippen LogP contribution in [-0.4, -0.2) is 32.8 Å². The van der Waals surface area contributed by atoms with Crippen LogP contribution in [0.5, 0.6) is 0 Å². The topological polar surface area (TPSA) is 80.5 Å². The molecular formula is C13H17FN2O3S. The van der Waals surface area contributed by atoms with E-state index < -0.39 is 20.7 Å². The summed E-state index contributed by atoms with van der Waals surface area (Å²) in [7, 11) is -2.52. The zero-order valence-electron chi connectivity index (χ0n) is 11.2. The quantitative estimate of drug-likeness (QED) is 0.911. The lowest BCUT2D eigenvalue weighted by Crippen LogP contribution is -2.34. The molecule has 1 aromatic rings. The van der Waals surface area contributed by atoms with Gasteiger partial charge in [0.25, 0.3) is 5.91 Å². The normalized spacial score (nSPS) is 15.8. The number of carbonyl (C=O) groups excluding carboxylic acids is 1. The van der Waals surface area contributed by atoms with Crippen molar-refractivity contribution in [2.24, 2.45) is 11.1 Å². The average molecular weight is 300 g/mol. The van der Waals surface area contributed by atoms with Gasteiger partial charge >= 0.3 is 0 Å². The highest BCUT2D eigenvalue weighted by molar-refractivity contribution is 7.89. The number of benzene rings is 1. The number of nitrogens with zero attached hydrogens (tertiary/aromatic N) is 1. The maximum atomic E-state index is 13.4. The molecule has 2 rings (SSSR count). The molecule has 0 heterocycles. The third kappa shape index (κ3) is 3.16. The summed E-state index contributed by atoms with van der Waals surface area (Å²) in [4.78, 5) is 13.1. The Hall–Kier alpha value is -1.47. The van der Waals surface area contributed by atoms with Gasteiger partial charge in [-0.15, -0.1) is 0 Å². The van der Waals surface area contributed by atoms with Crippen molar-refractivity contribution in [1.29, 1.82) is 0 Å². The molecule has 1 amide bonds. The van der Waals surface area contributed by atoms with Crippen molar-refractivity contribution in [3.63, 3.8) is 0 Å². The number of carbonyl (C=O) groups is 1. The first-order valence-electron chi connectivity index (χ1n) is 6.37. The molecule has 1 saturated carbocycles. The SMILES string of the molecule is CN(CC1CCC1)C(=O)c1ccc(F)c(S(N)(=O)=O)c1. The molecule has 2 N–H and O–H groups in total. The van der Waals surface area contributed by atoms with Gasteiger partial charge in [-0.25, -0.2) is 17.9 Å². The first-order valence-corrected chi connectivity index (χ1v) is 7.91. The summed E-state index contributed by atoms with van der Waals surface area (Å²) >= 11 is 0. The highest BCUT2D eigenvalue weighted by Crippen LogP contribution is 2.27. The molecule has 0 saturated heterocycles. The zero-order valence-corrected chi connectivity index (χ0v) is 12.0. The van der Waals surface area contributed by atoms with E-state index in [4.69, 9.17) is 5.14 Å². The van der Waals surface area contributed by atoms with Crippen molar-refractivity contribution in [1.82, 2.24) is 4.90 Å². The molecule has 1 aromatic carbocycles. The molecule has 20 heavy (non-hydrogen) atoms. The average Bonchev–Trinajstić information content (AvgIpc) is 2.31. The Labute approximate surface area is 117 Å². The lowest BCUT2D eigenvalue weighted by atomic mass is 9.85. The van der Waals surface area contributed by atoms with Gasteiger partial charge < -0.3 is 4.90 Å². The minimum absolute atomic E-state index is 0.122. The van der Waals surface area contributed by atoms with Crippen molar-refractivity contribution in [2.75, 3.05) is 13.6 Å². The van der Waals surface area contributed by atoms with E-state index in [1.165, 1.54) is 17.4 Å². The molecule has 0 radical (unpaired) electrons. The van der Waals surface area contributed by atoms with E-state index in [-0.39, 0.29) is 11.5 Å². The molecule has 7 heteroatoms. The van der Waals surface area contributed by atoms with Gasteiger partial charge in [0.15, 0.2) is 0 Å². The summed E-state index contributed by atoms with van der Waals surface area (Å²) in [6, 6.07) is 3.21. The van der Waals surface area contributed by atoms with Crippen molar-refractivity contribution in [3.8, 4) is 0 Å². The summed E-state index contributed by atoms with van der Waals surface area (Å²) in [5.74, 6) is -0.783. The van der Waals surface area contributed by atoms with Gasteiger partial charge in [-0.05, 0) is 37.0 Å². The predicted octanol–water partition coefficient (Wildman–Crippen LogP) is 1.35. The Bertz CT molecular complexity index is 627. The van der Waals surface area contributed by atoms with E-state index in [1.807, 2.05) is 0 Å². The van der Waals surface area contributed by atoms with Gasteiger partial charge in [0.2, 0.25) is 10.0 Å². The highest BCUT2D eigenvalue weighted by atomic mass is 32.2. The second-order valence-electron chi connectivity index (χ2n) is 5.17. The lowest BCUT2D eigenvalue weighted by molar-refractivity contribution is 0.0745. The molecule has 0 aliphatic heterocycles.